The highest BCUT2D eigenvalue weighted by Gasteiger charge is 2.02. The zero-order valence-corrected chi connectivity index (χ0v) is 11.0. The summed E-state index contributed by atoms with van der Waals surface area (Å²) in [4.78, 5) is 0. The van der Waals surface area contributed by atoms with Crippen LogP contribution in [0.4, 0.5) is 5.69 Å². The Hall–Kier alpha value is -0.550. The molecule has 0 saturated carbocycles. The van der Waals surface area contributed by atoms with E-state index < -0.39 is 0 Å². The van der Waals surface area contributed by atoms with Gasteiger partial charge in [0, 0.05) is 18.7 Å². The average Bonchev–Trinajstić information content (AvgIpc) is 2.24. The molecule has 1 aromatic carbocycles. The average molecular weight is 279 g/mol. The number of rotatable bonds is 4. The van der Waals surface area contributed by atoms with Crippen LogP contribution >= 0.6 is 35.4 Å². The Morgan fingerprint density at radius 3 is 2.88 bits per heavy atom. The summed E-state index contributed by atoms with van der Waals surface area (Å²) >= 11 is 16.9. The van der Waals surface area contributed by atoms with Gasteiger partial charge in [-0.25, -0.2) is 0 Å². The number of halogens is 2. The van der Waals surface area contributed by atoms with Crippen LogP contribution in [-0.4, -0.2) is 25.4 Å². The van der Waals surface area contributed by atoms with Crippen LogP contribution in [0, 0.1) is 0 Å². The molecule has 0 aromatic heterocycles. The highest BCUT2D eigenvalue weighted by atomic mass is 35.5. The van der Waals surface area contributed by atoms with E-state index in [0.717, 1.165) is 0 Å². The van der Waals surface area contributed by atoms with Crippen molar-refractivity contribution in [3.63, 3.8) is 0 Å². The van der Waals surface area contributed by atoms with E-state index >= 15 is 0 Å². The summed E-state index contributed by atoms with van der Waals surface area (Å²) in [5, 5.41) is 7.59. The lowest BCUT2D eigenvalue weighted by Gasteiger charge is -2.11. The Labute approximate surface area is 110 Å². The molecule has 0 fully saturated rings. The maximum absolute atomic E-state index is 5.97. The summed E-state index contributed by atoms with van der Waals surface area (Å²) in [6, 6.07) is 5.15. The maximum Gasteiger partial charge on any atom is 0.170 e. The minimum atomic E-state index is 0.487. The van der Waals surface area contributed by atoms with Gasteiger partial charge < -0.3 is 15.4 Å². The van der Waals surface area contributed by atoms with Crippen LogP contribution in [0.2, 0.25) is 10.0 Å². The second-order valence-electron chi connectivity index (χ2n) is 3.00. The van der Waals surface area contributed by atoms with Gasteiger partial charge in [0.1, 0.15) is 0 Å². The molecule has 0 heterocycles. The second-order valence-corrected chi connectivity index (χ2v) is 4.25. The van der Waals surface area contributed by atoms with E-state index in [1.165, 1.54) is 0 Å². The first-order valence-electron chi connectivity index (χ1n) is 4.62. The number of hydrogen-bond acceptors (Lipinski definition) is 2. The molecule has 88 valence electrons. The molecule has 0 saturated heterocycles. The van der Waals surface area contributed by atoms with Crippen LogP contribution in [0.1, 0.15) is 0 Å². The van der Waals surface area contributed by atoms with Gasteiger partial charge in [-0.15, -0.1) is 0 Å². The number of hydrogen-bond donors (Lipinski definition) is 2. The topological polar surface area (TPSA) is 33.3 Å². The molecule has 0 aliphatic carbocycles. The highest BCUT2D eigenvalue weighted by molar-refractivity contribution is 7.80. The molecule has 1 rings (SSSR count). The molecule has 0 aliphatic heterocycles. The molecular weight excluding hydrogens is 267 g/mol. The number of methoxy groups -OCH3 is 1. The molecule has 0 atom stereocenters. The zero-order valence-electron chi connectivity index (χ0n) is 8.72. The van der Waals surface area contributed by atoms with Crippen LogP contribution in [-0.2, 0) is 4.74 Å². The minimum absolute atomic E-state index is 0.487. The lowest BCUT2D eigenvalue weighted by molar-refractivity contribution is 0.204. The van der Waals surface area contributed by atoms with Crippen LogP contribution in [0.15, 0.2) is 18.2 Å². The largest absolute Gasteiger partial charge is 0.383 e. The molecule has 0 aliphatic rings. The van der Waals surface area contributed by atoms with E-state index in [2.05, 4.69) is 10.6 Å². The SMILES string of the molecule is COCCNC(=S)Nc1cc(Cl)ccc1Cl. The standard InChI is InChI=1S/C10H12Cl2N2OS/c1-15-5-4-13-10(16)14-9-6-7(11)2-3-8(9)12/h2-3,6H,4-5H2,1H3,(H2,13,14,16). The van der Waals surface area contributed by atoms with Crippen molar-refractivity contribution in [1.29, 1.82) is 0 Å². The summed E-state index contributed by atoms with van der Waals surface area (Å²) in [7, 11) is 1.63. The Balaban J connectivity index is 2.52. The first-order valence-corrected chi connectivity index (χ1v) is 5.78. The van der Waals surface area contributed by atoms with Crippen molar-refractivity contribution < 1.29 is 4.74 Å². The van der Waals surface area contributed by atoms with Crippen LogP contribution in [0.3, 0.4) is 0 Å². The molecule has 6 heteroatoms. The van der Waals surface area contributed by atoms with Crippen molar-refractivity contribution in [3.05, 3.63) is 28.2 Å². The summed E-state index contributed by atoms with van der Waals surface area (Å²) in [5.74, 6) is 0. The van der Waals surface area contributed by atoms with E-state index in [1.54, 1.807) is 25.3 Å². The molecule has 0 unspecified atom stereocenters. The number of ether oxygens (including phenoxy) is 1. The van der Waals surface area contributed by atoms with Crippen LogP contribution in [0.25, 0.3) is 0 Å². The van der Waals surface area contributed by atoms with Crippen molar-refractivity contribution in [2.24, 2.45) is 0 Å². The zero-order chi connectivity index (χ0) is 12.0. The number of nitrogens with one attached hydrogen (secondary N) is 2. The fraction of sp³-hybridized carbons (Fsp3) is 0.300. The van der Waals surface area contributed by atoms with Crippen molar-refractivity contribution in [2.75, 3.05) is 25.6 Å². The summed E-state index contributed by atoms with van der Waals surface area (Å²) in [6.45, 7) is 1.23. The van der Waals surface area contributed by atoms with E-state index in [4.69, 9.17) is 40.2 Å². The number of anilines is 1. The monoisotopic (exact) mass is 278 g/mol. The van der Waals surface area contributed by atoms with Gasteiger partial charge in [0.2, 0.25) is 0 Å². The van der Waals surface area contributed by atoms with Crippen LogP contribution < -0.4 is 10.6 Å². The second kappa shape index (κ2) is 6.91. The van der Waals surface area contributed by atoms with E-state index in [0.29, 0.717) is 34.0 Å². The molecule has 3 nitrogen and oxygen atoms in total. The molecule has 16 heavy (non-hydrogen) atoms. The Morgan fingerprint density at radius 2 is 2.19 bits per heavy atom. The highest BCUT2D eigenvalue weighted by Crippen LogP contribution is 2.25. The van der Waals surface area contributed by atoms with Crippen molar-refractivity contribution in [3.8, 4) is 0 Å². The quantitative estimate of drug-likeness (QED) is 0.656. The van der Waals surface area contributed by atoms with Gasteiger partial charge in [0.15, 0.2) is 5.11 Å². The smallest absolute Gasteiger partial charge is 0.170 e. The molecule has 0 radical (unpaired) electrons. The van der Waals surface area contributed by atoms with E-state index in [9.17, 15) is 0 Å². The van der Waals surface area contributed by atoms with Gasteiger partial charge in [-0.1, -0.05) is 23.2 Å². The lowest BCUT2D eigenvalue weighted by atomic mass is 10.3. The first kappa shape index (κ1) is 13.5. The van der Waals surface area contributed by atoms with Crippen molar-refractivity contribution in [2.45, 2.75) is 0 Å². The van der Waals surface area contributed by atoms with E-state index in [1.807, 2.05) is 0 Å². The van der Waals surface area contributed by atoms with Gasteiger partial charge in [-0.05, 0) is 30.4 Å². The fourth-order valence-electron chi connectivity index (χ4n) is 1.03. The van der Waals surface area contributed by atoms with Gasteiger partial charge in [-0.3, -0.25) is 0 Å². The third-order valence-corrected chi connectivity index (χ3v) is 2.58. The third kappa shape index (κ3) is 4.53. The molecule has 1 aromatic rings. The number of benzene rings is 1. The minimum Gasteiger partial charge on any atom is -0.383 e. The molecule has 0 amide bonds. The van der Waals surface area contributed by atoms with Gasteiger partial charge in [0.05, 0.1) is 17.3 Å². The summed E-state index contributed by atoms with van der Waals surface area (Å²) < 4.78 is 4.89. The Morgan fingerprint density at radius 1 is 1.44 bits per heavy atom. The van der Waals surface area contributed by atoms with Gasteiger partial charge >= 0.3 is 0 Å². The predicted molar refractivity (Wildman–Crippen MR) is 72.6 cm³/mol. The molecule has 0 spiro atoms. The Bertz CT molecular complexity index is 374. The summed E-state index contributed by atoms with van der Waals surface area (Å²) in [6.07, 6.45) is 0. The first-order chi connectivity index (χ1) is 7.63. The molecule has 0 bridgehead atoms. The maximum atomic E-state index is 5.97. The van der Waals surface area contributed by atoms with Gasteiger partial charge in [-0.2, -0.15) is 0 Å². The fourth-order valence-corrected chi connectivity index (χ4v) is 1.58. The lowest BCUT2D eigenvalue weighted by Crippen LogP contribution is -2.31. The van der Waals surface area contributed by atoms with Crippen molar-refractivity contribution >= 4 is 46.2 Å². The van der Waals surface area contributed by atoms with Crippen molar-refractivity contribution in [1.82, 2.24) is 5.32 Å². The molecular formula is C10H12Cl2N2OS. The Kier molecular flexibility index (Phi) is 5.84. The predicted octanol–water partition coefficient (Wildman–Crippen LogP) is 2.93. The summed E-state index contributed by atoms with van der Waals surface area (Å²) in [5.41, 5.74) is 0.684. The normalized spacial score (nSPS) is 9.94. The van der Waals surface area contributed by atoms with E-state index in [-0.39, 0.29) is 0 Å². The third-order valence-electron chi connectivity index (χ3n) is 1.77. The van der Waals surface area contributed by atoms with Gasteiger partial charge in [0.25, 0.3) is 0 Å². The van der Waals surface area contributed by atoms with Crippen LogP contribution in [0.5, 0.6) is 0 Å². The molecule has 2 N–H and O–H groups in total. The number of thiocarbonyl (C=S) groups is 1.